The average Bonchev–Trinajstić information content (AvgIpc) is 2.56. The van der Waals surface area contributed by atoms with Crippen molar-refractivity contribution in [1.82, 2.24) is 9.55 Å². The van der Waals surface area contributed by atoms with Gasteiger partial charge in [-0.1, -0.05) is 0 Å². The van der Waals surface area contributed by atoms with Crippen LogP contribution in [0.2, 0.25) is 0 Å². The molecule has 4 heterocycles. The Hall–Kier alpha value is -0.485. The number of fused-ring (bicyclic) bond motifs is 3. The van der Waals surface area contributed by atoms with E-state index in [2.05, 4.69) is 28.9 Å². The van der Waals surface area contributed by atoms with Crippen molar-refractivity contribution in [2.45, 2.75) is 26.3 Å². The first-order chi connectivity index (χ1) is 8.48. The molecule has 0 saturated carbocycles. The van der Waals surface area contributed by atoms with E-state index < -0.39 is 0 Å². The van der Waals surface area contributed by atoms with Gasteiger partial charge in [0.15, 0.2) is 0 Å². The molecule has 3 aliphatic heterocycles. The van der Waals surface area contributed by atoms with Crippen molar-refractivity contribution in [3.63, 3.8) is 0 Å². The Bertz CT molecular complexity index is 468. The smallest absolute Gasteiger partial charge is 0.372 e. The van der Waals surface area contributed by atoms with E-state index in [1.54, 1.807) is 0 Å². The summed E-state index contributed by atoms with van der Waals surface area (Å²) in [7, 11) is 2.37. The van der Waals surface area contributed by atoms with Crippen molar-refractivity contribution in [3.8, 4) is 6.01 Å². The Balaban J connectivity index is 1.81. The molecule has 3 aliphatic rings. The molecule has 0 aromatic carbocycles. The number of imidazole rings is 1. The Morgan fingerprint density at radius 1 is 1.50 bits per heavy atom. The molecule has 18 heavy (non-hydrogen) atoms. The van der Waals surface area contributed by atoms with Gasteiger partial charge in [-0.2, -0.15) is 4.98 Å². The molecule has 0 spiro atoms. The highest BCUT2D eigenvalue weighted by Gasteiger charge is 2.42. The number of quaternary nitrogens is 1. The lowest BCUT2D eigenvalue weighted by Crippen LogP contribution is -2.60. The van der Waals surface area contributed by atoms with E-state index in [4.69, 9.17) is 0 Å². The minimum Gasteiger partial charge on any atom is -0.480 e. The Labute approximate surface area is 117 Å². The molecule has 1 N–H and O–H groups in total. The third-order valence-corrected chi connectivity index (χ3v) is 5.89. The van der Waals surface area contributed by atoms with E-state index in [9.17, 15) is 5.11 Å². The first kappa shape index (κ1) is 12.5. The molecule has 4 nitrogen and oxygen atoms in total. The highest BCUT2D eigenvalue weighted by atomic mass is 79.9. The van der Waals surface area contributed by atoms with Crippen molar-refractivity contribution >= 4 is 23.9 Å². The van der Waals surface area contributed by atoms with Gasteiger partial charge in [0.05, 0.1) is 25.3 Å². The van der Waals surface area contributed by atoms with Gasteiger partial charge >= 0.3 is 7.98 Å². The van der Waals surface area contributed by atoms with Crippen molar-refractivity contribution in [2.24, 2.45) is 11.8 Å². The molecule has 98 valence electrons. The van der Waals surface area contributed by atoms with E-state index in [0.717, 1.165) is 22.8 Å². The summed E-state index contributed by atoms with van der Waals surface area (Å²) in [6.45, 7) is 6.72. The Kier molecular flexibility index (Phi) is 2.98. The molecule has 1 unspecified atom stereocenters. The number of hydrogen-bond acceptors (Lipinski definition) is 2. The number of halogens is 1. The van der Waals surface area contributed by atoms with Crippen LogP contribution in [0.3, 0.4) is 0 Å². The zero-order valence-corrected chi connectivity index (χ0v) is 12.7. The first-order valence-electron chi connectivity index (χ1n) is 6.74. The molecule has 6 heteroatoms. The fraction of sp³-hybridized carbons (Fsp3) is 0.750. The zero-order valence-electron chi connectivity index (χ0n) is 11.1. The molecule has 0 amide bonds. The van der Waals surface area contributed by atoms with Gasteiger partial charge in [0.25, 0.3) is 6.01 Å². The van der Waals surface area contributed by atoms with Crippen LogP contribution >= 0.6 is 15.9 Å². The zero-order chi connectivity index (χ0) is 12.9. The molecule has 3 fully saturated rings. The van der Waals surface area contributed by atoms with E-state index in [1.165, 1.54) is 36.9 Å². The van der Waals surface area contributed by atoms with Crippen molar-refractivity contribution < 1.29 is 9.50 Å². The maximum absolute atomic E-state index is 9.89. The molecule has 1 atom stereocenters. The summed E-state index contributed by atoms with van der Waals surface area (Å²) >= 11 is 3.53. The Morgan fingerprint density at radius 2 is 2.17 bits per heavy atom. The van der Waals surface area contributed by atoms with Gasteiger partial charge in [0.2, 0.25) is 0 Å². The fourth-order valence-electron chi connectivity index (χ4n) is 3.72. The normalized spacial score (nSPS) is 35.0. The summed E-state index contributed by atoms with van der Waals surface area (Å²) in [6, 6.07) is 0.151. The maximum atomic E-state index is 9.89. The summed E-state index contributed by atoms with van der Waals surface area (Å²) < 4.78 is 4.07. The summed E-state index contributed by atoms with van der Waals surface area (Å²) in [5, 5.41) is 9.89. The van der Waals surface area contributed by atoms with Crippen LogP contribution in [0.25, 0.3) is 0 Å². The molecular weight excluding hydrogens is 293 g/mol. The van der Waals surface area contributed by atoms with E-state index in [1.807, 2.05) is 11.5 Å². The number of aryl methyl sites for hydroxylation is 1. The minimum atomic E-state index is 0.151. The largest absolute Gasteiger partial charge is 0.480 e. The highest BCUT2D eigenvalue weighted by molar-refractivity contribution is 9.10. The standard InChI is InChI=1S/C12H19BBrN3O/c1-8-11(14)16(12(18)15-8)6-10-7-17(13)4-2-9(10)3-5-17/h9-10H,2-7,13H2,1H3/p+1. The van der Waals surface area contributed by atoms with Gasteiger partial charge in [-0.05, 0) is 41.6 Å². The van der Waals surface area contributed by atoms with Gasteiger partial charge in [-0.3, -0.25) is 4.57 Å². The summed E-state index contributed by atoms with van der Waals surface area (Å²) in [5.41, 5.74) is 0.870. The number of hydrogen-bond donors (Lipinski definition) is 1. The number of aromatic hydroxyl groups is 1. The monoisotopic (exact) mass is 312 g/mol. The van der Waals surface area contributed by atoms with Crippen LogP contribution in [-0.2, 0) is 6.54 Å². The molecule has 0 radical (unpaired) electrons. The lowest BCUT2D eigenvalue weighted by Gasteiger charge is -2.52. The molecule has 3 saturated heterocycles. The molecule has 4 rings (SSSR count). The summed E-state index contributed by atoms with van der Waals surface area (Å²) in [4.78, 5) is 4.12. The molecule has 1 aromatic heterocycles. The lowest BCUT2D eigenvalue weighted by atomic mass is 9.75. The van der Waals surface area contributed by atoms with Crippen LogP contribution in [0.5, 0.6) is 6.01 Å². The fourth-order valence-corrected chi connectivity index (χ4v) is 4.12. The molecule has 1 aromatic rings. The number of nitrogens with zero attached hydrogens (tertiary/aromatic N) is 3. The minimum absolute atomic E-state index is 0.151. The predicted molar refractivity (Wildman–Crippen MR) is 75.9 cm³/mol. The maximum Gasteiger partial charge on any atom is 0.372 e. The second kappa shape index (κ2) is 4.27. The van der Waals surface area contributed by atoms with E-state index in [-0.39, 0.29) is 6.01 Å². The van der Waals surface area contributed by atoms with Gasteiger partial charge in [-0.25, -0.2) is 0 Å². The van der Waals surface area contributed by atoms with Gasteiger partial charge in [0.1, 0.15) is 4.60 Å². The van der Waals surface area contributed by atoms with Crippen LogP contribution in [0, 0.1) is 18.8 Å². The second-order valence-electron chi connectivity index (χ2n) is 6.25. The Morgan fingerprint density at radius 3 is 2.67 bits per heavy atom. The number of piperidine rings is 3. The third kappa shape index (κ3) is 1.99. The van der Waals surface area contributed by atoms with Crippen LogP contribution < -0.4 is 0 Å². The first-order valence-corrected chi connectivity index (χ1v) is 7.53. The van der Waals surface area contributed by atoms with Crippen molar-refractivity contribution in [2.75, 3.05) is 19.6 Å². The van der Waals surface area contributed by atoms with Crippen molar-refractivity contribution in [1.29, 1.82) is 0 Å². The van der Waals surface area contributed by atoms with Crippen LogP contribution in [0.15, 0.2) is 4.60 Å². The lowest BCUT2D eigenvalue weighted by molar-refractivity contribution is -0.841. The van der Waals surface area contributed by atoms with Gasteiger partial charge in [-0.15, -0.1) is 0 Å². The van der Waals surface area contributed by atoms with Crippen LogP contribution in [0.4, 0.5) is 0 Å². The SMILES string of the molecule is B[N+]12CCC(CC1)C(Cn1c(O)nc(C)c1Br)C2. The number of aromatic nitrogens is 2. The van der Waals surface area contributed by atoms with Gasteiger partial charge < -0.3 is 9.50 Å². The topological polar surface area (TPSA) is 38.0 Å². The predicted octanol–water partition coefficient (Wildman–Crippen LogP) is 1.06. The average molecular weight is 313 g/mol. The molecule has 0 aliphatic carbocycles. The van der Waals surface area contributed by atoms with Gasteiger partial charge in [0, 0.05) is 12.5 Å². The van der Waals surface area contributed by atoms with Crippen LogP contribution in [-0.4, -0.2) is 46.7 Å². The van der Waals surface area contributed by atoms with E-state index >= 15 is 0 Å². The third-order valence-electron chi connectivity index (χ3n) is 4.88. The quantitative estimate of drug-likeness (QED) is 0.830. The van der Waals surface area contributed by atoms with Crippen molar-refractivity contribution in [3.05, 3.63) is 10.3 Å². The van der Waals surface area contributed by atoms with Crippen LogP contribution in [0.1, 0.15) is 18.5 Å². The molecular formula is C12H20BBrN3O+. The summed E-state index contributed by atoms with van der Waals surface area (Å²) in [5.74, 6) is 1.51. The summed E-state index contributed by atoms with van der Waals surface area (Å²) in [6.07, 6.45) is 2.68. The molecule has 2 bridgehead atoms. The van der Waals surface area contributed by atoms with E-state index in [0.29, 0.717) is 5.92 Å². The number of rotatable bonds is 2. The second-order valence-corrected chi connectivity index (χ2v) is 7.00. The highest BCUT2D eigenvalue weighted by Crippen LogP contribution is 2.38.